The van der Waals surface area contributed by atoms with Crippen LogP contribution in [0.4, 0.5) is 0 Å². The minimum Gasteiger partial charge on any atom is -0.376 e. The Labute approximate surface area is 92.0 Å². The van der Waals surface area contributed by atoms with Crippen LogP contribution in [0, 0.1) is 0 Å². The second-order valence-electron chi connectivity index (χ2n) is 2.33. The fourth-order valence-corrected chi connectivity index (χ4v) is 5.47. The van der Waals surface area contributed by atoms with Gasteiger partial charge >= 0.3 is 8.80 Å². The molecule has 0 aromatic rings. The van der Waals surface area contributed by atoms with Gasteiger partial charge in [-0.3, -0.25) is 0 Å². The molecule has 1 heterocycles. The van der Waals surface area contributed by atoms with Gasteiger partial charge in [-0.15, -0.1) is 0 Å². The summed E-state index contributed by atoms with van der Waals surface area (Å²) in [4.78, 5) is 0. The first kappa shape index (κ1) is 11.3. The summed E-state index contributed by atoms with van der Waals surface area (Å²) < 4.78 is 17.5. The van der Waals surface area contributed by atoms with E-state index in [9.17, 15) is 0 Å². The van der Waals surface area contributed by atoms with E-state index in [0.717, 1.165) is 28.8 Å². The SMILES string of the molecule is CO[Si]1(CI)OCCSCCO1. The predicted molar refractivity (Wildman–Crippen MR) is 60.9 cm³/mol. The zero-order valence-corrected chi connectivity index (χ0v) is 11.0. The van der Waals surface area contributed by atoms with Crippen LogP contribution >= 0.6 is 34.4 Å². The molecule has 0 atom stereocenters. The zero-order valence-electron chi connectivity index (χ0n) is 7.05. The molecule has 1 rings (SSSR count). The average molecular weight is 320 g/mol. The van der Waals surface area contributed by atoms with E-state index in [1.165, 1.54) is 0 Å². The lowest BCUT2D eigenvalue weighted by Gasteiger charge is -2.27. The first-order valence-electron chi connectivity index (χ1n) is 3.80. The normalized spacial score (nSPS) is 24.5. The molecule has 0 saturated carbocycles. The first-order valence-corrected chi connectivity index (χ1v) is 8.41. The van der Waals surface area contributed by atoms with Crippen LogP contribution in [0.5, 0.6) is 0 Å². The van der Waals surface area contributed by atoms with Crippen LogP contribution in [-0.4, -0.2) is 44.7 Å². The van der Waals surface area contributed by atoms with E-state index in [2.05, 4.69) is 22.6 Å². The third-order valence-electron chi connectivity index (χ3n) is 1.57. The molecule has 0 spiro atoms. The van der Waals surface area contributed by atoms with Crippen molar-refractivity contribution in [1.82, 2.24) is 0 Å². The highest BCUT2D eigenvalue weighted by molar-refractivity contribution is 14.1. The molecule has 12 heavy (non-hydrogen) atoms. The van der Waals surface area contributed by atoms with Crippen LogP contribution in [0.3, 0.4) is 0 Å². The van der Waals surface area contributed by atoms with E-state index in [1.807, 2.05) is 11.8 Å². The standard InChI is InChI=1S/C6H13IO3SSi/c1-8-12(6-7)9-2-4-11-5-3-10-12/h2-6H2,1H3. The second-order valence-corrected chi connectivity index (χ2v) is 8.46. The maximum atomic E-state index is 5.64. The zero-order chi connectivity index (χ0) is 8.86. The summed E-state index contributed by atoms with van der Waals surface area (Å²) in [6.07, 6.45) is 0. The van der Waals surface area contributed by atoms with Gasteiger partial charge in [-0.25, -0.2) is 0 Å². The summed E-state index contributed by atoms with van der Waals surface area (Å²) in [6.45, 7) is 1.52. The van der Waals surface area contributed by atoms with Crippen molar-refractivity contribution in [1.29, 1.82) is 0 Å². The van der Waals surface area contributed by atoms with Gasteiger partial charge < -0.3 is 13.3 Å². The van der Waals surface area contributed by atoms with Crippen molar-refractivity contribution in [3.05, 3.63) is 0 Å². The van der Waals surface area contributed by atoms with Crippen molar-refractivity contribution in [3.8, 4) is 0 Å². The van der Waals surface area contributed by atoms with Gasteiger partial charge in [-0.2, -0.15) is 11.8 Å². The molecular weight excluding hydrogens is 307 g/mol. The average Bonchev–Trinajstić information content (AvgIpc) is 2.06. The quantitative estimate of drug-likeness (QED) is 0.436. The summed E-state index contributed by atoms with van der Waals surface area (Å²) in [5.41, 5.74) is 0. The monoisotopic (exact) mass is 320 g/mol. The number of hydrogen-bond donors (Lipinski definition) is 0. The molecule has 1 aliphatic heterocycles. The van der Waals surface area contributed by atoms with Crippen LogP contribution < -0.4 is 0 Å². The Morgan fingerprint density at radius 3 is 2.42 bits per heavy atom. The fourth-order valence-electron chi connectivity index (χ4n) is 0.905. The fraction of sp³-hybridized carbons (Fsp3) is 1.00. The molecule has 0 unspecified atom stereocenters. The van der Waals surface area contributed by atoms with Crippen molar-refractivity contribution in [2.24, 2.45) is 0 Å². The summed E-state index contributed by atoms with van der Waals surface area (Å²) in [5.74, 6) is 2.11. The van der Waals surface area contributed by atoms with Gasteiger partial charge in [0.05, 0.1) is 4.05 Å². The molecule has 1 aliphatic rings. The van der Waals surface area contributed by atoms with Gasteiger partial charge in [-0.1, -0.05) is 22.6 Å². The highest BCUT2D eigenvalue weighted by atomic mass is 127. The van der Waals surface area contributed by atoms with Crippen LogP contribution in [0.25, 0.3) is 0 Å². The largest absolute Gasteiger partial charge is 0.510 e. The van der Waals surface area contributed by atoms with Crippen LogP contribution in [-0.2, 0) is 13.3 Å². The molecule has 6 heteroatoms. The van der Waals surface area contributed by atoms with Crippen molar-refractivity contribution >= 4 is 43.2 Å². The van der Waals surface area contributed by atoms with Crippen molar-refractivity contribution in [2.45, 2.75) is 0 Å². The Morgan fingerprint density at radius 1 is 1.42 bits per heavy atom. The number of thioether (sulfide) groups is 1. The van der Waals surface area contributed by atoms with Gasteiger partial charge in [0.25, 0.3) is 0 Å². The molecule has 0 amide bonds. The second kappa shape index (κ2) is 5.81. The number of hydrogen-bond acceptors (Lipinski definition) is 4. The highest BCUT2D eigenvalue weighted by Crippen LogP contribution is 2.16. The minimum atomic E-state index is -2.24. The third kappa shape index (κ3) is 3.15. The maximum Gasteiger partial charge on any atom is 0.510 e. The lowest BCUT2D eigenvalue weighted by molar-refractivity contribution is 0.0934. The van der Waals surface area contributed by atoms with Gasteiger partial charge in [0.2, 0.25) is 0 Å². The summed E-state index contributed by atoms with van der Waals surface area (Å²) in [7, 11) is -0.560. The van der Waals surface area contributed by atoms with Crippen molar-refractivity contribution < 1.29 is 13.3 Å². The van der Waals surface area contributed by atoms with E-state index in [1.54, 1.807) is 7.11 Å². The summed E-state index contributed by atoms with van der Waals surface area (Å²) in [6, 6.07) is 0. The molecular formula is C6H13IO3SSi. The van der Waals surface area contributed by atoms with Crippen LogP contribution in [0.2, 0.25) is 0 Å². The number of alkyl halides is 1. The van der Waals surface area contributed by atoms with E-state index in [4.69, 9.17) is 13.3 Å². The Balaban J connectivity index is 2.45. The van der Waals surface area contributed by atoms with Crippen molar-refractivity contribution in [3.63, 3.8) is 0 Å². The Morgan fingerprint density at radius 2 is 2.00 bits per heavy atom. The molecule has 72 valence electrons. The minimum absolute atomic E-state index is 0.758. The first-order chi connectivity index (χ1) is 5.83. The molecule has 0 aromatic heterocycles. The van der Waals surface area contributed by atoms with E-state index in [-0.39, 0.29) is 0 Å². The molecule has 0 aromatic carbocycles. The lowest BCUT2D eigenvalue weighted by atomic mass is 10.9. The topological polar surface area (TPSA) is 27.7 Å². The Kier molecular flexibility index (Phi) is 5.45. The van der Waals surface area contributed by atoms with E-state index < -0.39 is 8.80 Å². The van der Waals surface area contributed by atoms with Gasteiger partial charge in [-0.05, 0) is 0 Å². The van der Waals surface area contributed by atoms with E-state index >= 15 is 0 Å². The number of halogens is 1. The molecule has 0 N–H and O–H groups in total. The predicted octanol–water partition coefficient (Wildman–Crippen LogP) is 1.33. The smallest absolute Gasteiger partial charge is 0.376 e. The molecule has 1 saturated heterocycles. The van der Waals surface area contributed by atoms with Crippen LogP contribution in [0.1, 0.15) is 0 Å². The molecule has 1 fully saturated rings. The molecule has 0 radical (unpaired) electrons. The maximum absolute atomic E-state index is 5.64. The number of rotatable bonds is 2. The van der Waals surface area contributed by atoms with Crippen LogP contribution in [0.15, 0.2) is 0 Å². The van der Waals surface area contributed by atoms with Crippen molar-refractivity contribution in [2.75, 3.05) is 35.9 Å². The molecule has 0 bridgehead atoms. The summed E-state index contributed by atoms with van der Waals surface area (Å²) in [5, 5.41) is 0. The van der Waals surface area contributed by atoms with Gasteiger partial charge in [0.1, 0.15) is 0 Å². The molecule has 0 aliphatic carbocycles. The van der Waals surface area contributed by atoms with E-state index in [0.29, 0.717) is 0 Å². The lowest BCUT2D eigenvalue weighted by Crippen LogP contribution is -2.49. The highest BCUT2D eigenvalue weighted by Gasteiger charge is 2.39. The Hall–Kier alpha value is 1.18. The third-order valence-corrected chi connectivity index (χ3v) is 7.52. The van der Waals surface area contributed by atoms with Gasteiger partial charge in [0.15, 0.2) is 0 Å². The molecule has 3 nitrogen and oxygen atoms in total. The van der Waals surface area contributed by atoms with Gasteiger partial charge in [0, 0.05) is 31.8 Å². The summed E-state index contributed by atoms with van der Waals surface area (Å²) >= 11 is 4.13. The Bertz CT molecular complexity index is 124.